The van der Waals surface area contributed by atoms with Crippen molar-refractivity contribution in [1.29, 1.82) is 0 Å². The number of piperidine rings is 1. The summed E-state index contributed by atoms with van der Waals surface area (Å²) in [6.45, 7) is 3.82. The van der Waals surface area contributed by atoms with Crippen LogP contribution in [0.5, 0.6) is 0 Å². The summed E-state index contributed by atoms with van der Waals surface area (Å²) in [5.74, 6) is 0.582. The molecule has 28 heavy (non-hydrogen) atoms. The van der Waals surface area contributed by atoms with Crippen molar-refractivity contribution in [2.45, 2.75) is 83.7 Å². The van der Waals surface area contributed by atoms with Gasteiger partial charge in [0.05, 0.1) is 12.1 Å². The van der Waals surface area contributed by atoms with Crippen molar-refractivity contribution in [3.8, 4) is 0 Å². The van der Waals surface area contributed by atoms with Crippen molar-refractivity contribution in [3.63, 3.8) is 0 Å². The van der Waals surface area contributed by atoms with Crippen molar-refractivity contribution in [2.24, 2.45) is 11.1 Å². The van der Waals surface area contributed by atoms with Crippen LogP contribution in [0.3, 0.4) is 0 Å². The Kier molecular flexibility index (Phi) is 11.4. The van der Waals surface area contributed by atoms with Crippen molar-refractivity contribution in [2.75, 3.05) is 13.1 Å². The number of allylic oxidation sites excluding steroid dienone is 6. The van der Waals surface area contributed by atoms with E-state index < -0.39 is 0 Å². The molecule has 2 aliphatic rings. The standard InChI is InChI=1S/C24H38N2O2/c1-2-3-4-5-6-7-8-9-10-11-12-13-14-15-16-17-24(27)26-19-18-23-22(21-26)20-25-28-23/h6-7,9-10,12-13,20,22-23H,2-5,8,11,14-19,21H2,1H3/b7-6+,10-9+,13-12+. The van der Waals surface area contributed by atoms with Crippen LogP contribution in [0.1, 0.15) is 77.6 Å². The van der Waals surface area contributed by atoms with Gasteiger partial charge in [-0.3, -0.25) is 4.79 Å². The highest BCUT2D eigenvalue weighted by atomic mass is 16.6. The number of unbranched alkanes of at least 4 members (excludes halogenated alkanes) is 5. The van der Waals surface area contributed by atoms with E-state index in [1.807, 2.05) is 11.1 Å². The molecule has 0 aliphatic carbocycles. The van der Waals surface area contributed by atoms with Crippen molar-refractivity contribution in [3.05, 3.63) is 36.5 Å². The molecule has 2 unspecified atom stereocenters. The summed E-state index contributed by atoms with van der Waals surface area (Å²) in [4.78, 5) is 19.6. The lowest BCUT2D eigenvalue weighted by Crippen LogP contribution is -2.45. The Morgan fingerprint density at radius 2 is 1.71 bits per heavy atom. The van der Waals surface area contributed by atoms with Gasteiger partial charge in [-0.1, -0.05) is 61.4 Å². The summed E-state index contributed by atoms with van der Waals surface area (Å²) in [7, 11) is 0. The Bertz CT molecular complexity index is 551. The Balaban J connectivity index is 1.43. The van der Waals surface area contributed by atoms with Gasteiger partial charge in [-0.05, 0) is 44.9 Å². The first kappa shape index (κ1) is 22.4. The predicted molar refractivity (Wildman–Crippen MR) is 117 cm³/mol. The zero-order valence-electron chi connectivity index (χ0n) is 17.6. The average molecular weight is 387 g/mol. The number of rotatable bonds is 13. The van der Waals surface area contributed by atoms with E-state index >= 15 is 0 Å². The Morgan fingerprint density at radius 3 is 2.43 bits per heavy atom. The number of carbonyl (C=O) groups excluding carboxylic acids is 1. The number of carbonyl (C=O) groups is 1. The van der Waals surface area contributed by atoms with Crippen LogP contribution in [0.4, 0.5) is 0 Å². The Morgan fingerprint density at radius 1 is 1.04 bits per heavy atom. The summed E-state index contributed by atoms with van der Waals surface area (Å²) in [6, 6.07) is 0. The van der Waals surface area contributed by atoms with E-state index in [1.54, 1.807) is 0 Å². The first-order chi connectivity index (χ1) is 13.8. The maximum absolute atomic E-state index is 12.3. The maximum atomic E-state index is 12.3. The van der Waals surface area contributed by atoms with Gasteiger partial charge in [0.1, 0.15) is 6.10 Å². The minimum absolute atomic E-state index is 0.199. The van der Waals surface area contributed by atoms with Gasteiger partial charge in [0, 0.05) is 25.9 Å². The van der Waals surface area contributed by atoms with Gasteiger partial charge in [0.25, 0.3) is 0 Å². The van der Waals surface area contributed by atoms with E-state index in [0.717, 1.165) is 51.6 Å². The van der Waals surface area contributed by atoms with Gasteiger partial charge >= 0.3 is 0 Å². The van der Waals surface area contributed by atoms with Crippen molar-refractivity contribution in [1.82, 2.24) is 4.90 Å². The molecule has 0 radical (unpaired) electrons. The highest BCUT2D eigenvalue weighted by Crippen LogP contribution is 2.24. The molecule has 0 aromatic rings. The number of oxime groups is 1. The number of likely N-dealkylation sites (tertiary alicyclic amines) is 1. The van der Waals surface area contributed by atoms with E-state index in [-0.39, 0.29) is 12.0 Å². The fourth-order valence-corrected chi connectivity index (χ4v) is 3.64. The van der Waals surface area contributed by atoms with Crippen LogP contribution in [0.2, 0.25) is 0 Å². The van der Waals surface area contributed by atoms with Gasteiger partial charge in [-0.2, -0.15) is 0 Å². The van der Waals surface area contributed by atoms with E-state index in [0.29, 0.717) is 12.3 Å². The molecule has 2 aliphatic heterocycles. The molecule has 2 rings (SSSR count). The minimum Gasteiger partial charge on any atom is -0.392 e. The monoisotopic (exact) mass is 386 g/mol. The second kappa shape index (κ2) is 14.2. The molecule has 4 heteroatoms. The fraction of sp³-hybridized carbons (Fsp3) is 0.667. The molecule has 4 nitrogen and oxygen atoms in total. The number of amides is 1. The normalized spacial score (nSPS) is 21.8. The summed E-state index contributed by atoms with van der Waals surface area (Å²) in [6.07, 6.45) is 27.4. The van der Waals surface area contributed by atoms with Gasteiger partial charge in [-0.25, -0.2) is 0 Å². The molecular formula is C24H38N2O2. The second-order valence-corrected chi connectivity index (χ2v) is 7.82. The lowest BCUT2D eigenvalue weighted by Gasteiger charge is -2.32. The fourth-order valence-electron chi connectivity index (χ4n) is 3.64. The molecule has 2 atom stereocenters. The maximum Gasteiger partial charge on any atom is 0.222 e. The summed E-state index contributed by atoms with van der Waals surface area (Å²) in [5, 5.41) is 3.89. The third-order valence-electron chi connectivity index (χ3n) is 5.42. The smallest absolute Gasteiger partial charge is 0.222 e. The van der Waals surface area contributed by atoms with Gasteiger partial charge in [0.15, 0.2) is 0 Å². The molecule has 0 spiro atoms. The number of hydrogen-bond donors (Lipinski definition) is 0. The van der Waals surface area contributed by atoms with E-state index in [1.165, 1.54) is 25.7 Å². The molecule has 0 saturated carbocycles. The quantitative estimate of drug-likeness (QED) is 0.296. The number of nitrogens with zero attached hydrogens (tertiary/aromatic N) is 2. The van der Waals surface area contributed by atoms with Crippen LogP contribution < -0.4 is 0 Å². The molecule has 156 valence electrons. The van der Waals surface area contributed by atoms with Gasteiger partial charge < -0.3 is 9.74 Å². The molecule has 0 bridgehead atoms. The first-order valence-corrected chi connectivity index (χ1v) is 11.2. The lowest BCUT2D eigenvalue weighted by atomic mass is 9.96. The molecule has 1 amide bonds. The van der Waals surface area contributed by atoms with Crippen LogP contribution >= 0.6 is 0 Å². The predicted octanol–water partition coefficient (Wildman–Crippen LogP) is 5.81. The van der Waals surface area contributed by atoms with Crippen LogP contribution in [-0.2, 0) is 9.63 Å². The van der Waals surface area contributed by atoms with Crippen molar-refractivity contribution >= 4 is 12.1 Å². The molecule has 0 aromatic carbocycles. The topological polar surface area (TPSA) is 41.9 Å². The molecular weight excluding hydrogens is 348 g/mol. The Hall–Kier alpha value is -1.84. The Labute approximate surface area is 171 Å². The molecule has 0 aromatic heterocycles. The molecule has 0 N–H and O–H groups in total. The SMILES string of the molecule is CCCCC/C=C/C/C=C/C/C=C/CCCCC(=O)N1CCC2ON=CC2C1. The highest BCUT2D eigenvalue weighted by molar-refractivity contribution is 5.77. The van der Waals surface area contributed by atoms with Gasteiger partial charge in [-0.15, -0.1) is 0 Å². The van der Waals surface area contributed by atoms with Gasteiger partial charge in [0.2, 0.25) is 5.91 Å². The van der Waals surface area contributed by atoms with E-state index in [4.69, 9.17) is 4.84 Å². The molecule has 1 fully saturated rings. The van der Waals surface area contributed by atoms with E-state index in [2.05, 4.69) is 48.5 Å². The summed E-state index contributed by atoms with van der Waals surface area (Å²) < 4.78 is 0. The van der Waals surface area contributed by atoms with Crippen molar-refractivity contribution < 1.29 is 9.63 Å². The zero-order valence-corrected chi connectivity index (χ0v) is 17.6. The van der Waals surface area contributed by atoms with Crippen LogP contribution in [0, 0.1) is 5.92 Å². The van der Waals surface area contributed by atoms with Crippen LogP contribution in [0.15, 0.2) is 41.6 Å². The van der Waals surface area contributed by atoms with Crippen LogP contribution in [-0.4, -0.2) is 36.2 Å². The number of fused-ring (bicyclic) bond motifs is 1. The third-order valence-corrected chi connectivity index (χ3v) is 5.42. The first-order valence-electron chi connectivity index (χ1n) is 11.2. The lowest BCUT2D eigenvalue weighted by molar-refractivity contribution is -0.134. The second-order valence-electron chi connectivity index (χ2n) is 7.82. The summed E-state index contributed by atoms with van der Waals surface area (Å²) in [5.41, 5.74) is 0. The average Bonchev–Trinajstić information content (AvgIpc) is 3.18. The van der Waals surface area contributed by atoms with E-state index in [9.17, 15) is 4.79 Å². The number of hydrogen-bond acceptors (Lipinski definition) is 3. The molecule has 2 heterocycles. The summed E-state index contributed by atoms with van der Waals surface area (Å²) >= 11 is 0. The highest BCUT2D eigenvalue weighted by Gasteiger charge is 2.34. The molecule has 1 saturated heterocycles. The third kappa shape index (κ3) is 8.90. The minimum atomic E-state index is 0.199. The zero-order chi connectivity index (χ0) is 19.9. The van der Waals surface area contributed by atoms with Crippen LogP contribution in [0.25, 0.3) is 0 Å². The largest absolute Gasteiger partial charge is 0.392 e.